The van der Waals surface area contributed by atoms with Crippen LogP contribution in [0.3, 0.4) is 0 Å². The molecule has 1 aromatic carbocycles. The van der Waals surface area contributed by atoms with Crippen LogP contribution in [0.5, 0.6) is 0 Å². The molecule has 1 aliphatic rings. The Kier molecular flexibility index (Phi) is 4.71. The van der Waals surface area contributed by atoms with Crippen LogP contribution >= 0.6 is 0 Å². The number of halogens is 3. The molecule has 0 saturated heterocycles. The van der Waals surface area contributed by atoms with Crippen molar-refractivity contribution in [3.8, 4) is 0 Å². The standard InChI is InChI=1S/C16H20F3NO/c17-16(18,19)13-6-4-12(5-7-13)14(21)10-15(11-20)8-2-1-3-9-15/h4-7H,1-3,8-11,20H2. The van der Waals surface area contributed by atoms with Gasteiger partial charge < -0.3 is 5.73 Å². The van der Waals surface area contributed by atoms with Crippen molar-refractivity contribution in [2.24, 2.45) is 11.1 Å². The van der Waals surface area contributed by atoms with Gasteiger partial charge in [0.05, 0.1) is 5.56 Å². The first-order chi connectivity index (χ1) is 9.86. The molecule has 1 aromatic rings. The van der Waals surface area contributed by atoms with Gasteiger partial charge in [-0.05, 0) is 36.9 Å². The minimum absolute atomic E-state index is 0.115. The van der Waals surface area contributed by atoms with E-state index in [0.29, 0.717) is 18.5 Å². The maximum Gasteiger partial charge on any atom is 0.416 e. The van der Waals surface area contributed by atoms with Crippen LogP contribution in [-0.2, 0) is 6.18 Å². The maximum absolute atomic E-state index is 12.5. The number of carbonyl (C=O) groups is 1. The van der Waals surface area contributed by atoms with Crippen molar-refractivity contribution in [1.82, 2.24) is 0 Å². The van der Waals surface area contributed by atoms with Gasteiger partial charge in [0.25, 0.3) is 0 Å². The summed E-state index contributed by atoms with van der Waals surface area (Å²) in [4.78, 5) is 12.3. The zero-order valence-electron chi connectivity index (χ0n) is 11.9. The van der Waals surface area contributed by atoms with Crippen molar-refractivity contribution in [3.05, 3.63) is 35.4 Å². The molecular formula is C16H20F3NO. The Balaban J connectivity index is 2.09. The number of alkyl halides is 3. The van der Waals surface area contributed by atoms with E-state index in [1.807, 2.05) is 0 Å². The molecule has 1 aliphatic carbocycles. The van der Waals surface area contributed by atoms with E-state index in [2.05, 4.69) is 0 Å². The number of hydrogen-bond donors (Lipinski definition) is 1. The number of nitrogens with two attached hydrogens (primary N) is 1. The molecule has 1 saturated carbocycles. The molecule has 0 heterocycles. The number of Topliss-reactive ketones (excluding diaryl/α,β-unsaturated/α-hetero) is 1. The molecule has 2 N–H and O–H groups in total. The Morgan fingerprint density at radius 3 is 2.14 bits per heavy atom. The monoisotopic (exact) mass is 299 g/mol. The quantitative estimate of drug-likeness (QED) is 0.847. The fourth-order valence-corrected chi connectivity index (χ4v) is 3.04. The Morgan fingerprint density at radius 2 is 1.67 bits per heavy atom. The van der Waals surface area contributed by atoms with E-state index in [-0.39, 0.29) is 11.2 Å². The SMILES string of the molecule is NCC1(CC(=O)c2ccc(C(F)(F)F)cc2)CCCCC1. The first-order valence-electron chi connectivity index (χ1n) is 7.27. The number of hydrogen-bond acceptors (Lipinski definition) is 2. The molecule has 0 aromatic heterocycles. The fourth-order valence-electron chi connectivity index (χ4n) is 3.04. The minimum Gasteiger partial charge on any atom is -0.330 e. The highest BCUT2D eigenvalue weighted by Crippen LogP contribution is 2.39. The third kappa shape index (κ3) is 3.84. The van der Waals surface area contributed by atoms with Crippen LogP contribution in [0.4, 0.5) is 13.2 Å². The predicted molar refractivity (Wildman–Crippen MR) is 75.0 cm³/mol. The normalized spacial score (nSPS) is 18.5. The van der Waals surface area contributed by atoms with Gasteiger partial charge in [0.2, 0.25) is 0 Å². The first kappa shape index (κ1) is 16.0. The molecular weight excluding hydrogens is 279 g/mol. The van der Waals surface area contributed by atoms with Crippen LogP contribution in [0.2, 0.25) is 0 Å². The van der Waals surface area contributed by atoms with Crippen LogP contribution in [0.1, 0.15) is 54.4 Å². The van der Waals surface area contributed by atoms with Crippen LogP contribution in [0.25, 0.3) is 0 Å². The summed E-state index contributed by atoms with van der Waals surface area (Å²) in [5.74, 6) is -0.115. The Hall–Kier alpha value is -1.36. The molecule has 0 amide bonds. The van der Waals surface area contributed by atoms with Gasteiger partial charge in [-0.3, -0.25) is 4.79 Å². The lowest BCUT2D eigenvalue weighted by Gasteiger charge is -2.35. The van der Waals surface area contributed by atoms with Crippen molar-refractivity contribution < 1.29 is 18.0 Å². The summed E-state index contributed by atoms with van der Waals surface area (Å²) < 4.78 is 37.5. The van der Waals surface area contributed by atoms with Crippen LogP contribution in [0, 0.1) is 5.41 Å². The lowest BCUT2D eigenvalue weighted by molar-refractivity contribution is -0.137. The summed E-state index contributed by atoms with van der Waals surface area (Å²) in [5, 5.41) is 0. The second-order valence-corrected chi connectivity index (χ2v) is 5.94. The van der Waals surface area contributed by atoms with Crippen molar-refractivity contribution >= 4 is 5.78 Å². The number of carbonyl (C=O) groups excluding carboxylic acids is 1. The predicted octanol–water partition coefficient (Wildman–Crippen LogP) is 4.19. The van der Waals surface area contributed by atoms with E-state index in [0.717, 1.165) is 44.2 Å². The number of ketones is 1. The zero-order valence-corrected chi connectivity index (χ0v) is 11.9. The fraction of sp³-hybridized carbons (Fsp3) is 0.562. The summed E-state index contributed by atoms with van der Waals surface area (Å²) in [7, 11) is 0. The van der Waals surface area contributed by atoms with Crippen LogP contribution in [0.15, 0.2) is 24.3 Å². The molecule has 5 heteroatoms. The average Bonchev–Trinajstić information content (AvgIpc) is 2.47. The Labute approximate surface area is 122 Å². The summed E-state index contributed by atoms with van der Waals surface area (Å²) in [5.41, 5.74) is 5.28. The number of benzene rings is 1. The second kappa shape index (κ2) is 6.18. The molecule has 0 bridgehead atoms. The average molecular weight is 299 g/mol. The van der Waals surface area contributed by atoms with Crippen molar-refractivity contribution in [2.75, 3.05) is 6.54 Å². The summed E-state index contributed by atoms with van der Waals surface area (Å²) in [6.45, 7) is 0.458. The molecule has 116 valence electrons. The lowest BCUT2D eigenvalue weighted by atomic mass is 9.70. The number of rotatable bonds is 4. The molecule has 2 nitrogen and oxygen atoms in total. The molecule has 0 radical (unpaired) electrons. The van der Waals surface area contributed by atoms with E-state index in [1.165, 1.54) is 12.1 Å². The minimum atomic E-state index is -4.37. The lowest BCUT2D eigenvalue weighted by Crippen LogP contribution is -2.35. The van der Waals surface area contributed by atoms with Crippen LogP contribution in [-0.4, -0.2) is 12.3 Å². The van der Waals surface area contributed by atoms with E-state index in [1.54, 1.807) is 0 Å². The van der Waals surface area contributed by atoms with Gasteiger partial charge in [0.15, 0.2) is 5.78 Å². The molecule has 0 atom stereocenters. The third-order valence-corrected chi connectivity index (χ3v) is 4.42. The van der Waals surface area contributed by atoms with Gasteiger partial charge in [0.1, 0.15) is 0 Å². The molecule has 2 rings (SSSR count). The van der Waals surface area contributed by atoms with E-state index in [9.17, 15) is 18.0 Å². The topological polar surface area (TPSA) is 43.1 Å². The van der Waals surface area contributed by atoms with E-state index in [4.69, 9.17) is 5.73 Å². The molecule has 0 aliphatic heterocycles. The Morgan fingerprint density at radius 1 is 1.10 bits per heavy atom. The Bertz CT molecular complexity index is 487. The largest absolute Gasteiger partial charge is 0.416 e. The van der Waals surface area contributed by atoms with Gasteiger partial charge in [-0.2, -0.15) is 13.2 Å². The van der Waals surface area contributed by atoms with Gasteiger partial charge in [-0.25, -0.2) is 0 Å². The van der Waals surface area contributed by atoms with Gasteiger partial charge in [0, 0.05) is 12.0 Å². The van der Waals surface area contributed by atoms with Gasteiger partial charge in [-0.1, -0.05) is 31.4 Å². The molecule has 0 spiro atoms. The van der Waals surface area contributed by atoms with Gasteiger partial charge in [-0.15, -0.1) is 0 Å². The van der Waals surface area contributed by atoms with Crippen molar-refractivity contribution in [2.45, 2.75) is 44.7 Å². The zero-order chi connectivity index (χ0) is 15.5. The highest BCUT2D eigenvalue weighted by Gasteiger charge is 2.34. The highest BCUT2D eigenvalue weighted by atomic mass is 19.4. The molecule has 1 fully saturated rings. The first-order valence-corrected chi connectivity index (χ1v) is 7.27. The molecule has 0 unspecified atom stereocenters. The summed E-state index contributed by atoms with van der Waals surface area (Å²) in [6, 6.07) is 4.45. The summed E-state index contributed by atoms with van der Waals surface area (Å²) >= 11 is 0. The summed E-state index contributed by atoms with van der Waals surface area (Å²) in [6.07, 6.45) is 1.11. The third-order valence-electron chi connectivity index (χ3n) is 4.42. The smallest absolute Gasteiger partial charge is 0.330 e. The molecule has 21 heavy (non-hydrogen) atoms. The van der Waals surface area contributed by atoms with Gasteiger partial charge >= 0.3 is 6.18 Å². The van der Waals surface area contributed by atoms with Crippen molar-refractivity contribution in [1.29, 1.82) is 0 Å². The highest BCUT2D eigenvalue weighted by molar-refractivity contribution is 5.96. The second-order valence-electron chi connectivity index (χ2n) is 5.94. The van der Waals surface area contributed by atoms with Crippen molar-refractivity contribution in [3.63, 3.8) is 0 Å². The van der Waals surface area contributed by atoms with E-state index >= 15 is 0 Å². The maximum atomic E-state index is 12.5. The van der Waals surface area contributed by atoms with Crippen LogP contribution < -0.4 is 5.73 Å². The van der Waals surface area contributed by atoms with E-state index < -0.39 is 11.7 Å².